The van der Waals surface area contributed by atoms with Crippen LogP contribution in [0.2, 0.25) is 0 Å². The maximum Gasteiger partial charge on any atom is -0.00228 e. The molecule has 0 radical (unpaired) electrons. The molecule has 3 saturated carbocycles. The van der Waals surface area contributed by atoms with Crippen molar-refractivity contribution in [2.45, 2.75) is 129 Å². The molecule has 34 heavy (non-hydrogen) atoms. The van der Waals surface area contributed by atoms with Gasteiger partial charge in [0.15, 0.2) is 0 Å². The molecule has 0 bridgehead atoms. The molecule has 0 heteroatoms. The highest BCUT2D eigenvalue weighted by molar-refractivity contribution is 5.28. The Hall–Kier alpha value is -0.260. The molecule has 3 fully saturated rings. The Morgan fingerprint density at radius 3 is 2.00 bits per heavy atom. The van der Waals surface area contributed by atoms with Gasteiger partial charge in [0.2, 0.25) is 0 Å². The highest BCUT2D eigenvalue weighted by Gasteiger charge is 2.76. The van der Waals surface area contributed by atoms with Crippen LogP contribution in [0.4, 0.5) is 0 Å². The van der Waals surface area contributed by atoms with Gasteiger partial charge in [-0.15, -0.1) is 0 Å². The number of hydrogen-bond acceptors (Lipinski definition) is 0. The molecule has 0 aromatic carbocycles. The number of rotatable bonds is 10. The van der Waals surface area contributed by atoms with Crippen LogP contribution in [0.15, 0.2) is 11.6 Å². The second kappa shape index (κ2) is 9.89. The standard InChI is InChI=1S/C34H62/c1-14-27-17-24(9)31(26(11)28(27)15-2)34(18-22(5)6,25(10)16-21(3)4)30-20-33(30,13)32(12)19-29(32)23(7)8/h18,21,23-31H,14-17,19-20H2,1-13H3. The van der Waals surface area contributed by atoms with Crippen molar-refractivity contribution in [3.05, 3.63) is 11.6 Å². The molecular weight excluding hydrogens is 408 g/mol. The first kappa shape index (κ1) is 28.3. The van der Waals surface area contributed by atoms with E-state index in [0.717, 1.165) is 59.2 Å². The van der Waals surface area contributed by atoms with Gasteiger partial charge in [0.25, 0.3) is 0 Å². The Balaban J connectivity index is 2.14. The van der Waals surface area contributed by atoms with Crippen molar-refractivity contribution in [1.29, 1.82) is 0 Å². The fourth-order valence-corrected chi connectivity index (χ4v) is 10.5. The van der Waals surface area contributed by atoms with E-state index in [-0.39, 0.29) is 0 Å². The predicted octanol–water partition coefficient (Wildman–Crippen LogP) is 10.7. The average molecular weight is 471 g/mol. The molecular formula is C34H62. The molecule has 3 rings (SSSR count). The van der Waals surface area contributed by atoms with Crippen molar-refractivity contribution in [2.75, 3.05) is 0 Å². The Labute approximate surface area is 215 Å². The molecule has 0 nitrogen and oxygen atoms in total. The van der Waals surface area contributed by atoms with Gasteiger partial charge in [-0.05, 0) is 115 Å². The third kappa shape index (κ3) is 4.49. The zero-order valence-electron chi connectivity index (χ0n) is 25.6. The van der Waals surface area contributed by atoms with Gasteiger partial charge in [-0.2, -0.15) is 0 Å². The van der Waals surface area contributed by atoms with Crippen molar-refractivity contribution in [2.24, 2.45) is 75.4 Å². The SMILES string of the molecule is CCC1CC(C)C(C(C=C(C)C)(C(C)CC(C)C)C2CC2(C)C2(C)CC2C(C)C)C(C)C1CC. The summed E-state index contributed by atoms with van der Waals surface area (Å²) < 4.78 is 0. The molecule has 0 N–H and O–H groups in total. The summed E-state index contributed by atoms with van der Waals surface area (Å²) in [5, 5.41) is 0. The summed E-state index contributed by atoms with van der Waals surface area (Å²) in [5.74, 6) is 8.41. The molecule has 11 unspecified atom stereocenters. The van der Waals surface area contributed by atoms with Crippen molar-refractivity contribution in [1.82, 2.24) is 0 Å². The first-order chi connectivity index (χ1) is 15.7. The molecule has 0 spiro atoms. The monoisotopic (exact) mass is 470 g/mol. The molecule has 0 aromatic rings. The van der Waals surface area contributed by atoms with E-state index in [1.807, 2.05) is 0 Å². The van der Waals surface area contributed by atoms with Gasteiger partial charge in [0.05, 0.1) is 0 Å². The number of hydrogen-bond donors (Lipinski definition) is 0. The summed E-state index contributed by atoms with van der Waals surface area (Å²) in [6.45, 7) is 33.0. The second-order valence-electron chi connectivity index (χ2n) is 15.2. The van der Waals surface area contributed by atoms with E-state index < -0.39 is 0 Å². The summed E-state index contributed by atoms with van der Waals surface area (Å²) in [6, 6.07) is 0. The van der Waals surface area contributed by atoms with Gasteiger partial charge in [-0.1, -0.05) is 101 Å². The predicted molar refractivity (Wildman–Crippen MR) is 152 cm³/mol. The minimum absolute atomic E-state index is 0.343. The summed E-state index contributed by atoms with van der Waals surface area (Å²) in [6.07, 6.45) is 11.3. The Morgan fingerprint density at radius 1 is 0.941 bits per heavy atom. The largest absolute Gasteiger partial charge is 0.0798 e. The van der Waals surface area contributed by atoms with Gasteiger partial charge < -0.3 is 0 Å². The van der Waals surface area contributed by atoms with E-state index in [4.69, 9.17) is 0 Å². The molecule has 0 amide bonds. The van der Waals surface area contributed by atoms with Gasteiger partial charge in [0, 0.05) is 0 Å². The third-order valence-electron chi connectivity index (χ3n) is 12.2. The maximum absolute atomic E-state index is 2.88. The first-order valence-corrected chi connectivity index (χ1v) is 15.4. The molecule has 3 aliphatic carbocycles. The highest BCUT2D eigenvalue weighted by atomic mass is 14.8. The highest BCUT2D eigenvalue weighted by Crippen LogP contribution is 2.82. The van der Waals surface area contributed by atoms with Gasteiger partial charge in [-0.3, -0.25) is 0 Å². The lowest BCUT2D eigenvalue weighted by Gasteiger charge is -2.57. The van der Waals surface area contributed by atoms with Gasteiger partial charge >= 0.3 is 0 Å². The lowest BCUT2D eigenvalue weighted by atomic mass is 9.48. The molecule has 198 valence electrons. The van der Waals surface area contributed by atoms with E-state index in [9.17, 15) is 0 Å². The van der Waals surface area contributed by atoms with Crippen LogP contribution in [0.3, 0.4) is 0 Å². The van der Waals surface area contributed by atoms with Gasteiger partial charge in [0.1, 0.15) is 0 Å². The van der Waals surface area contributed by atoms with Crippen molar-refractivity contribution in [3.63, 3.8) is 0 Å². The van der Waals surface area contributed by atoms with E-state index in [2.05, 4.69) is 96.1 Å². The maximum atomic E-state index is 2.88. The lowest BCUT2D eigenvalue weighted by molar-refractivity contribution is -0.0628. The molecule has 0 saturated heterocycles. The minimum Gasteiger partial charge on any atom is -0.0798 e. The van der Waals surface area contributed by atoms with Crippen LogP contribution in [0.1, 0.15) is 129 Å². The van der Waals surface area contributed by atoms with Crippen LogP contribution >= 0.6 is 0 Å². The van der Waals surface area contributed by atoms with Gasteiger partial charge in [-0.25, -0.2) is 0 Å². The van der Waals surface area contributed by atoms with Crippen molar-refractivity contribution in [3.8, 4) is 0 Å². The fraction of sp³-hybridized carbons (Fsp3) is 0.941. The molecule has 11 atom stereocenters. The zero-order chi connectivity index (χ0) is 25.8. The van der Waals surface area contributed by atoms with Crippen LogP contribution < -0.4 is 0 Å². The summed E-state index contributed by atoms with van der Waals surface area (Å²) in [5.41, 5.74) is 2.98. The third-order valence-corrected chi connectivity index (χ3v) is 12.2. The van der Waals surface area contributed by atoms with Crippen LogP contribution in [-0.2, 0) is 0 Å². The topological polar surface area (TPSA) is 0 Å². The summed E-state index contributed by atoms with van der Waals surface area (Å²) in [7, 11) is 0. The Bertz CT molecular complexity index is 724. The average Bonchev–Trinajstić information content (AvgIpc) is 3.61. The van der Waals surface area contributed by atoms with E-state index in [1.54, 1.807) is 5.57 Å². The second-order valence-corrected chi connectivity index (χ2v) is 15.2. The first-order valence-electron chi connectivity index (χ1n) is 15.4. The van der Waals surface area contributed by atoms with Crippen molar-refractivity contribution < 1.29 is 0 Å². The molecule has 0 heterocycles. The molecule has 3 aliphatic rings. The quantitative estimate of drug-likeness (QED) is 0.278. The van der Waals surface area contributed by atoms with Crippen LogP contribution in [0.5, 0.6) is 0 Å². The number of allylic oxidation sites excluding steroid dienone is 2. The van der Waals surface area contributed by atoms with Crippen LogP contribution in [0, 0.1) is 75.4 Å². The summed E-state index contributed by atoms with van der Waals surface area (Å²) >= 11 is 0. The zero-order valence-corrected chi connectivity index (χ0v) is 25.6. The minimum atomic E-state index is 0.343. The Morgan fingerprint density at radius 2 is 1.56 bits per heavy atom. The normalized spacial score (nSPS) is 44.6. The van der Waals surface area contributed by atoms with Crippen molar-refractivity contribution >= 4 is 0 Å². The van der Waals surface area contributed by atoms with E-state index in [1.165, 1.54) is 38.5 Å². The summed E-state index contributed by atoms with van der Waals surface area (Å²) in [4.78, 5) is 0. The Kier molecular flexibility index (Phi) is 8.24. The smallest absolute Gasteiger partial charge is 0.00228 e. The molecule has 0 aromatic heterocycles. The fourth-order valence-electron chi connectivity index (χ4n) is 10.5. The van der Waals surface area contributed by atoms with Crippen LogP contribution in [-0.4, -0.2) is 0 Å². The van der Waals surface area contributed by atoms with E-state index >= 15 is 0 Å². The lowest BCUT2D eigenvalue weighted by Crippen LogP contribution is -2.51. The van der Waals surface area contributed by atoms with E-state index in [0.29, 0.717) is 16.2 Å². The van der Waals surface area contributed by atoms with Crippen LogP contribution in [0.25, 0.3) is 0 Å². The molecule has 0 aliphatic heterocycles.